The Bertz CT molecular complexity index is 509. The number of benzene rings is 1. The molecule has 0 N–H and O–H groups in total. The van der Waals surface area contributed by atoms with Crippen molar-refractivity contribution in [1.29, 1.82) is 0 Å². The maximum Gasteiger partial charge on any atom is 0.416 e. The SMILES string of the molecule is CCCCCCCCCCOCCCCC(=O)c1ccc(C(F)(F)F)cc1. The zero-order chi connectivity index (χ0) is 20.0. The minimum atomic E-state index is -4.37. The summed E-state index contributed by atoms with van der Waals surface area (Å²) in [5.74, 6) is -0.119. The van der Waals surface area contributed by atoms with Crippen LogP contribution in [0.2, 0.25) is 0 Å². The number of hydrogen-bond acceptors (Lipinski definition) is 2. The van der Waals surface area contributed by atoms with Gasteiger partial charge >= 0.3 is 6.18 Å². The van der Waals surface area contributed by atoms with Crippen LogP contribution >= 0.6 is 0 Å². The summed E-state index contributed by atoms with van der Waals surface area (Å²) in [6, 6.07) is 4.42. The van der Waals surface area contributed by atoms with Crippen molar-refractivity contribution >= 4 is 5.78 Å². The van der Waals surface area contributed by atoms with Crippen molar-refractivity contribution in [2.24, 2.45) is 0 Å². The molecule has 1 aromatic rings. The number of rotatable bonds is 15. The highest BCUT2D eigenvalue weighted by Gasteiger charge is 2.30. The Hall–Kier alpha value is -1.36. The number of carbonyl (C=O) groups excluding carboxylic acids is 1. The number of alkyl halides is 3. The first kappa shape index (κ1) is 23.7. The van der Waals surface area contributed by atoms with Crippen LogP contribution in [0.1, 0.15) is 93.5 Å². The average molecular weight is 386 g/mol. The van der Waals surface area contributed by atoms with Crippen LogP contribution < -0.4 is 0 Å². The van der Waals surface area contributed by atoms with E-state index in [4.69, 9.17) is 4.74 Å². The lowest BCUT2D eigenvalue weighted by Crippen LogP contribution is -2.06. The second kappa shape index (κ2) is 13.8. The van der Waals surface area contributed by atoms with Crippen LogP contribution in [0.25, 0.3) is 0 Å². The average Bonchev–Trinajstić information content (AvgIpc) is 2.64. The standard InChI is InChI=1S/C22H33F3O2/c1-2-3-4-5-6-7-8-10-17-27-18-11-9-12-21(26)19-13-15-20(16-14-19)22(23,24)25/h13-16H,2-12,17-18H2,1H3. The van der Waals surface area contributed by atoms with Gasteiger partial charge in [-0.2, -0.15) is 13.2 Å². The first-order valence-corrected chi connectivity index (χ1v) is 10.2. The minimum absolute atomic E-state index is 0.119. The molecule has 0 aliphatic heterocycles. The molecule has 0 saturated heterocycles. The summed E-state index contributed by atoms with van der Waals surface area (Å²) < 4.78 is 43.1. The summed E-state index contributed by atoms with van der Waals surface area (Å²) >= 11 is 0. The molecule has 0 radical (unpaired) electrons. The lowest BCUT2D eigenvalue weighted by atomic mass is 10.0. The van der Waals surface area contributed by atoms with Crippen LogP contribution in [0.15, 0.2) is 24.3 Å². The molecule has 0 aliphatic rings. The summed E-state index contributed by atoms with van der Waals surface area (Å²) in [4.78, 5) is 12.0. The number of ether oxygens (including phenoxy) is 1. The Morgan fingerprint density at radius 2 is 1.33 bits per heavy atom. The normalized spacial score (nSPS) is 11.7. The number of Topliss-reactive ketones (excluding diaryl/α,β-unsaturated/α-hetero) is 1. The summed E-state index contributed by atoms with van der Waals surface area (Å²) in [6.07, 6.45) is 7.63. The second-order valence-electron chi connectivity index (χ2n) is 7.04. The molecule has 0 atom stereocenters. The van der Waals surface area contributed by atoms with E-state index in [1.165, 1.54) is 57.1 Å². The Morgan fingerprint density at radius 1 is 0.815 bits per heavy atom. The van der Waals surface area contributed by atoms with Crippen LogP contribution in [0.5, 0.6) is 0 Å². The molecule has 0 bridgehead atoms. The lowest BCUT2D eigenvalue weighted by molar-refractivity contribution is -0.137. The fourth-order valence-corrected chi connectivity index (χ4v) is 2.92. The van der Waals surface area contributed by atoms with Gasteiger partial charge in [-0.25, -0.2) is 0 Å². The van der Waals surface area contributed by atoms with Crippen molar-refractivity contribution in [3.8, 4) is 0 Å². The fraction of sp³-hybridized carbons (Fsp3) is 0.682. The van der Waals surface area contributed by atoms with Crippen LogP contribution in [0.3, 0.4) is 0 Å². The Morgan fingerprint density at radius 3 is 1.89 bits per heavy atom. The van der Waals surface area contributed by atoms with E-state index in [9.17, 15) is 18.0 Å². The smallest absolute Gasteiger partial charge is 0.381 e. The molecule has 0 amide bonds. The van der Waals surface area contributed by atoms with E-state index in [1.54, 1.807) is 0 Å². The van der Waals surface area contributed by atoms with E-state index in [1.807, 2.05) is 0 Å². The van der Waals surface area contributed by atoms with Crippen molar-refractivity contribution in [3.63, 3.8) is 0 Å². The van der Waals surface area contributed by atoms with Gasteiger partial charge in [0.25, 0.3) is 0 Å². The van der Waals surface area contributed by atoms with Crippen LogP contribution in [-0.2, 0) is 10.9 Å². The Labute approximate surface area is 161 Å². The highest BCUT2D eigenvalue weighted by Crippen LogP contribution is 2.29. The molecule has 0 aliphatic carbocycles. The maximum atomic E-state index is 12.5. The van der Waals surface area contributed by atoms with Gasteiger partial charge < -0.3 is 4.74 Å². The van der Waals surface area contributed by atoms with Gasteiger partial charge in [0.1, 0.15) is 0 Å². The van der Waals surface area contributed by atoms with Crippen LogP contribution in [-0.4, -0.2) is 19.0 Å². The highest BCUT2D eigenvalue weighted by atomic mass is 19.4. The molecule has 0 unspecified atom stereocenters. The van der Waals surface area contributed by atoms with Gasteiger partial charge in [-0.1, -0.05) is 64.0 Å². The Kier molecular flexibility index (Phi) is 12.1. The van der Waals surface area contributed by atoms with Crippen molar-refractivity contribution in [1.82, 2.24) is 0 Å². The van der Waals surface area contributed by atoms with Crippen LogP contribution in [0, 0.1) is 0 Å². The molecule has 2 nitrogen and oxygen atoms in total. The first-order valence-electron chi connectivity index (χ1n) is 10.2. The van der Waals surface area contributed by atoms with E-state index in [0.717, 1.165) is 31.6 Å². The maximum absolute atomic E-state index is 12.5. The Balaban J connectivity index is 1.99. The molecule has 0 spiro atoms. The van der Waals surface area contributed by atoms with Crippen molar-refractivity contribution in [2.45, 2.75) is 83.7 Å². The van der Waals surface area contributed by atoms with E-state index < -0.39 is 11.7 Å². The predicted molar refractivity (Wildman–Crippen MR) is 103 cm³/mol. The summed E-state index contributed by atoms with van der Waals surface area (Å²) in [5, 5.41) is 0. The monoisotopic (exact) mass is 386 g/mol. The number of carbonyl (C=O) groups is 1. The zero-order valence-corrected chi connectivity index (χ0v) is 16.5. The van der Waals surface area contributed by atoms with Gasteiger partial charge in [0, 0.05) is 25.2 Å². The summed E-state index contributed by atoms with van der Waals surface area (Å²) in [6.45, 7) is 3.63. The van der Waals surface area contributed by atoms with E-state index in [-0.39, 0.29) is 5.78 Å². The molecule has 0 saturated carbocycles. The third-order valence-electron chi connectivity index (χ3n) is 4.62. The van der Waals surface area contributed by atoms with Gasteiger partial charge in [-0.15, -0.1) is 0 Å². The largest absolute Gasteiger partial charge is 0.416 e. The number of hydrogen-bond donors (Lipinski definition) is 0. The molecule has 5 heteroatoms. The lowest BCUT2D eigenvalue weighted by Gasteiger charge is -2.07. The molecule has 27 heavy (non-hydrogen) atoms. The molecule has 154 valence electrons. The van der Waals surface area contributed by atoms with E-state index in [2.05, 4.69) is 6.92 Å². The fourth-order valence-electron chi connectivity index (χ4n) is 2.92. The van der Waals surface area contributed by atoms with E-state index in [0.29, 0.717) is 25.0 Å². The van der Waals surface area contributed by atoms with Gasteiger partial charge in [-0.3, -0.25) is 4.79 Å². The highest BCUT2D eigenvalue weighted by molar-refractivity contribution is 5.96. The third-order valence-corrected chi connectivity index (χ3v) is 4.62. The van der Waals surface area contributed by atoms with Gasteiger partial charge in [-0.05, 0) is 31.4 Å². The summed E-state index contributed by atoms with van der Waals surface area (Å²) in [5.41, 5.74) is -0.392. The van der Waals surface area contributed by atoms with Crippen molar-refractivity contribution < 1.29 is 22.7 Å². The number of ketones is 1. The molecule has 0 aromatic heterocycles. The predicted octanol–water partition coefficient (Wildman–Crippen LogP) is 7.22. The van der Waals surface area contributed by atoms with Gasteiger partial charge in [0.15, 0.2) is 5.78 Å². The molecule has 1 aromatic carbocycles. The summed E-state index contributed by atoms with van der Waals surface area (Å²) in [7, 11) is 0. The zero-order valence-electron chi connectivity index (χ0n) is 16.5. The van der Waals surface area contributed by atoms with Crippen LogP contribution in [0.4, 0.5) is 13.2 Å². The van der Waals surface area contributed by atoms with Crippen molar-refractivity contribution in [2.75, 3.05) is 13.2 Å². The minimum Gasteiger partial charge on any atom is -0.381 e. The molecule has 0 heterocycles. The van der Waals surface area contributed by atoms with Gasteiger partial charge in [0.05, 0.1) is 5.56 Å². The topological polar surface area (TPSA) is 26.3 Å². The first-order chi connectivity index (χ1) is 12.9. The molecule has 1 rings (SSSR count). The van der Waals surface area contributed by atoms with E-state index >= 15 is 0 Å². The number of halogens is 3. The van der Waals surface area contributed by atoms with Crippen molar-refractivity contribution in [3.05, 3.63) is 35.4 Å². The quantitative estimate of drug-likeness (QED) is 0.235. The molecular weight excluding hydrogens is 353 g/mol. The third kappa shape index (κ3) is 11.2. The second-order valence-corrected chi connectivity index (χ2v) is 7.04. The molecular formula is C22H33F3O2. The molecule has 0 fully saturated rings. The number of unbranched alkanes of at least 4 members (excludes halogenated alkanes) is 8. The van der Waals surface area contributed by atoms with Gasteiger partial charge in [0.2, 0.25) is 0 Å².